The van der Waals surface area contributed by atoms with Gasteiger partial charge in [0.05, 0.1) is 18.1 Å². The lowest BCUT2D eigenvalue weighted by molar-refractivity contribution is -0.121. The lowest BCUT2D eigenvalue weighted by Gasteiger charge is -2.09. The van der Waals surface area contributed by atoms with E-state index in [1.807, 2.05) is 6.92 Å². The summed E-state index contributed by atoms with van der Waals surface area (Å²) >= 11 is 0. The number of benzene rings is 1. The van der Waals surface area contributed by atoms with Gasteiger partial charge in [-0.25, -0.2) is 13.1 Å². The summed E-state index contributed by atoms with van der Waals surface area (Å²) in [7, 11) is -3.64. The maximum Gasteiger partial charge on any atom is 0.250 e. The molecule has 0 bridgehead atoms. The van der Waals surface area contributed by atoms with Crippen molar-refractivity contribution in [3.8, 4) is 0 Å². The predicted octanol–water partition coefficient (Wildman–Crippen LogP) is -0.0848. The number of sulfonamides is 1. The molecule has 0 spiro atoms. The van der Waals surface area contributed by atoms with Gasteiger partial charge < -0.3 is 20.5 Å². The monoisotopic (exact) mass is 345 g/mol. The highest BCUT2D eigenvalue weighted by atomic mass is 32.2. The third-order valence-corrected chi connectivity index (χ3v) is 4.13. The first-order chi connectivity index (χ1) is 11.0. The van der Waals surface area contributed by atoms with Crippen molar-refractivity contribution >= 4 is 21.6 Å². The van der Waals surface area contributed by atoms with E-state index < -0.39 is 10.0 Å². The first kappa shape index (κ1) is 19.5. The second-order valence-electron chi connectivity index (χ2n) is 4.51. The van der Waals surface area contributed by atoms with Crippen LogP contribution in [0.3, 0.4) is 0 Å². The van der Waals surface area contributed by atoms with Crippen LogP contribution in [-0.4, -0.2) is 53.8 Å². The van der Waals surface area contributed by atoms with E-state index in [1.54, 1.807) is 12.1 Å². The average molecular weight is 345 g/mol. The van der Waals surface area contributed by atoms with Crippen molar-refractivity contribution < 1.29 is 22.7 Å². The minimum absolute atomic E-state index is 0.0565. The highest BCUT2D eigenvalue weighted by molar-refractivity contribution is 7.89. The lowest BCUT2D eigenvalue weighted by Crippen LogP contribution is -2.29. The van der Waals surface area contributed by atoms with Crippen LogP contribution in [0, 0.1) is 0 Å². The summed E-state index contributed by atoms with van der Waals surface area (Å²) in [5.41, 5.74) is 5.65. The molecule has 130 valence electrons. The maximum absolute atomic E-state index is 12.0. The minimum Gasteiger partial charge on any atom is -0.379 e. The zero-order valence-electron chi connectivity index (χ0n) is 13.1. The fourth-order valence-corrected chi connectivity index (χ4v) is 2.73. The normalized spacial score (nSPS) is 11.4. The average Bonchev–Trinajstić information content (AvgIpc) is 2.53. The summed E-state index contributed by atoms with van der Waals surface area (Å²) in [5.74, 6) is -0.369. The van der Waals surface area contributed by atoms with Gasteiger partial charge in [0.1, 0.15) is 6.61 Å². The SMILES string of the molecule is CCOCCOCC(=O)Nc1cccc(S(=O)(=O)NCCN)c1. The van der Waals surface area contributed by atoms with Gasteiger partial charge in [-0.2, -0.15) is 0 Å². The summed E-state index contributed by atoms with van der Waals surface area (Å²) in [5, 5.41) is 2.58. The second-order valence-corrected chi connectivity index (χ2v) is 6.28. The fraction of sp³-hybridized carbons (Fsp3) is 0.500. The molecule has 8 nitrogen and oxygen atoms in total. The molecule has 0 saturated carbocycles. The van der Waals surface area contributed by atoms with Crippen LogP contribution in [0.15, 0.2) is 29.2 Å². The summed E-state index contributed by atoms with van der Waals surface area (Å²) in [6.45, 7) is 3.42. The maximum atomic E-state index is 12.0. The zero-order chi connectivity index (χ0) is 17.1. The van der Waals surface area contributed by atoms with Crippen LogP contribution in [-0.2, 0) is 24.3 Å². The Morgan fingerprint density at radius 2 is 2.00 bits per heavy atom. The third kappa shape index (κ3) is 7.53. The van der Waals surface area contributed by atoms with Crippen LogP contribution >= 0.6 is 0 Å². The van der Waals surface area contributed by atoms with E-state index >= 15 is 0 Å². The second kappa shape index (κ2) is 10.3. The summed E-state index contributed by atoms with van der Waals surface area (Å²) < 4.78 is 36.5. The van der Waals surface area contributed by atoms with Crippen molar-refractivity contribution in [1.82, 2.24) is 4.72 Å². The number of nitrogens with one attached hydrogen (secondary N) is 2. The molecule has 23 heavy (non-hydrogen) atoms. The van der Waals surface area contributed by atoms with Gasteiger partial charge in [0.15, 0.2) is 0 Å². The molecular weight excluding hydrogens is 322 g/mol. The summed E-state index contributed by atoms with van der Waals surface area (Å²) in [6, 6.07) is 5.95. The Balaban J connectivity index is 2.55. The summed E-state index contributed by atoms with van der Waals surface area (Å²) in [4.78, 5) is 11.8. The lowest BCUT2D eigenvalue weighted by atomic mass is 10.3. The van der Waals surface area contributed by atoms with Crippen molar-refractivity contribution in [2.24, 2.45) is 5.73 Å². The quantitative estimate of drug-likeness (QED) is 0.482. The van der Waals surface area contributed by atoms with Crippen LogP contribution in [0.5, 0.6) is 0 Å². The van der Waals surface area contributed by atoms with Gasteiger partial charge in [-0.1, -0.05) is 6.07 Å². The molecule has 9 heteroatoms. The van der Waals surface area contributed by atoms with Crippen LogP contribution in [0.25, 0.3) is 0 Å². The molecule has 0 atom stereocenters. The number of hydrogen-bond donors (Lipinski definition) is 3. The Morgan fingerprint density at radius 1 is 1.26 bits per heavy atom. The van der Waals surface area contributed by atoms with Gasteiger partial charge in [0.2, 0.25) is 15.9 Å². The Morgan fingerprint density at radius 3 is 2.70 bits per heavy atom. The highest BCUT2D eigenvalue weighted by Crippen LogP contribution is 2.15. The summed E-state index contributed by atoms with van der Waals surface area (Å²) in [6.07, 6.45) is 0. The Kier molecular flexibility index (Phi) is 8.74. The molecule has 4 N–H and O–H groups in total. The number of nitrogens with two attached hydrogens (primary N) is 1. The molecule has 1 aromatic carbocycles. The van der Waals surface area contributed by atoms with E-state index in [1.165, 1.54) is 12.1 Å². The highest BCUT2D eigenvalue weighted by Gasteiger charge is 2.14. The molecule has 0 heterocycles. The Labute approximate surface area is 136 Å². The molecule has 0 saturated heterocycles. The van der Waals surface area contributed by atoms with E-state index in [9.17, 15) is 13.2 Å². The number of rotatable bonds is 11. The van der Waals surface area contributed by atoms with Crippen molar-refractivity contribution in [2.45, 2.75) is 11.8 Å². The van der Waals surface area contributed by atoms with Crippen LogP contribution in [0.1, 0.15) is 6.92 Å². The number of amides is 1. The smallest absolute Gasteiger partial charge is 0.250 e. The number of hydrogen-bond acceptors (Lipinski definition) is 6. The molecule has 1 rings (SSSR count). The largest absolute Gasteiger partial charge is 0.379 e. The first-order valence-electron chi connectivity index (χ1n) is 7.24. The number of carbonyl (C=O) groups is 1. The van der Waals surface area contributed by atoms with Gasteiger partial charge in [-0.15, -0.1) is 0 Å². The van der Waals surface area contributed by atoms with Crippen molar-refractivity contribution in [2.75, 3.05) is 44.8 Å². The van der Waals surface area contributed by atoms with E-state index in [0.29, 0.717) is 25.5 Å². The molecule has 0 fully saturated rings. The predicted molar refractivity (Wildman–Crippen MR) is 86.6 cm³/mol. The molecule has 0 aliphatic heterocycles. The number of ether oxygens (including phenoxy) is 2. The molecule has 0 aliphatic carbocycles. The third-order valence-electron chi connectivity index (χ3n) is 2.67. The minimum atomic E-state index is -3.64. The molecule has 0 aromatic heterocycles. The van der Waals surface area contributed by atoms with Gasteiger partial charge in [0, 0.05) is 25.4 Å². The Hall–Kier alpha value is -1.52. The topological polar surface area (TPSA) is 120 Å². The first-order valence-corrected chi connectivity index (χ1v) is 8.73. The van der Waals surface area contributed by atoms with Crippen LogP contribution in [0.2, 0.25) is 0 Å². The zero-order valence-corrected chi connectivity index (χ0v) is 13.9. The van der Waals surface area contributed by atoms with Crippen molar-refractivity contribution in [3.05, 3.63) is 24.3 Å². The molecule has 1 amide bonds. The fourth-order valence-electron chi connectivity index (χ4n) is 1.64. The molecule has 0 radical (unpaired) electrons. The molecule has 0 unspecified atom stereocenters. The van der Waals surface area contributed by atoms with E-state index in [-0.39, 0.29) is 30.5 Å². The van der Waals surface area contributed by atoms with E-state index in [4.69, 9.17) is 15.2 Å². The molecule has 0 aliphatic rings. The van der Waals surface area contributed by atoms with Gasteiger partial charge in [-0.05, 0) is 25.1 Å². The standard InChI is InChI=1S/C14H23N3O5S/c1-2-21-8-9-22-11-14(18)17-12-4-3-5-13(10-12)23(19,20)16-7-6-15/h3-5,10,16H,2,6-9,11,15H2,1H3,(H,17,18). The van der Waals surface area contributed by atoms with E-state index in [2.05, 4.69) is 10.0 Å². The number of carbonyl (C=O) groups excluding carboxylic acids is 1. The van der Waals surface area contributed by atoms with Crippen molar-refractivity contribution in [3.63, 3.8) is 0 Å². The van der Waals surface area contributed by atoms with Gasteiger partial charge in [0.25, 0.3) is 0 Å². The van der Waals surface area contributed by atoms with Crippen molar-refractivity contribution in [1.29, 1.82) is 0 Å². The van der Waals surface area contributed by atoms with Crippen LogP contribution in [0.4, 0.5) is 5.69 Å². The van der Waals surface area contributed by atoms with E-state index in [0.717, 1.165) is 0 Å². The van der Waals surface area contributed by atoms with Crippen LogP contribution < -0.4 is 15.8 Å². The molecule has 1 aromatic rings. The number of anilines is 1. The van der Waals surface area contributed by atoms with Gasteiger partial charge >= 0.3 is 0 Å². The molecular formula is C14H23N3O5S. The van der Waals surface area contributed by atoms with Gasteiger partial charge in [-0.3, -0.25) is 4.79 Å². The Bertz CT molecular complexity index is 592.